The molecular formula is C16H28N2O3. The Morgan fingerprint density at radius 2 is 1.67 bits per heavy atom. The number of hydrogen-bond donors (Lipinski definition) is 2. The zero-order chi connectivity index (χ0) is 15.5. The quantitative estimate of drug-likeness (QED) is 0.841. The Morgan fingerprint density at radius 3 is 2.14 bits per heavy atom. The van der Waals surface area contributed by atoms with E-state index >= 15 is 0 Å². The zero-order valence-electron chi connectivity index (χ0n) is 13.3. The smallest absolute Gasteiger partial charge is 0.329 e. The van der Waals surface area contributed by atoms with Crippen molar-refractivity contribution in [3.05, 3.63) is 0 Å². The first-order chi connectivity index (χ1) is 9.91. The molecule has 1 aliphatic carbocycles. The summed E-state index contributed by atoms with van der Waals surface area (Å²) < 4.78 is 0. The molecule has 2 N–H and O–H groups in total. The summed E-state index contributed by atoms with van der Waals surface area (Å²) in [5.41, 5.74) is -0.715. The zero-order valence-corrected chi connectivity index (χ0v) is 13.3. The molecular weight excluding hydrogens is 268 g/mol. The summed E-state index contributed by atoms with van der Waals surface area (Å²) in [5.74, 6) is -0.883. The van der Waals surface area contributed by atoms with E-state index in [0.717, 1.165) is 51.6 Å². The lowest BCUT2D eigenvalue weighted by Crippen LogP contribution is -2.59. The van der Waals surface area contributed by atoms with Gasteiger partial charge in [0.05, 0.1) is 0 Å². The third-order valence-corrected chi connectivity index (χ3v) is 5.57. The van der Waals surface area contributed by atoms with Crippen LogP contribution in [0.15, 0.2) is 0 Å². The van der Waals surface area contributed by atoms with Gasteiger partial charge in [-0.25, -0.2) is 9.59 Å². The van der Waals surface area contributed by atoms with Crippen LogP contribution in [0.1, 0.15) is 65.2 Å². The number of nitrogens with zero attached hydrogens (tertiary/aromatic N) is 1. The molecule has 0 unspecified atom stereocenters. The van der Waals surface area contributed by atoms with Crippen molar-refractivity contribution in [3.63, 3.8) is 0 Å². The van der Waals surface area contributed by atoms with Gasteiger partial charge in [0.15, 0.2) is 0 Å². The number of carboxylic acids is 1. The Hall–Kier alpha value is -1.26. The van der Waals surface area contributed by atoms with Crippen molar-refractivity contribution in [2.75, 3.05) is 13.1 Å². The number of amides is 2. The van der Waals surface area contributed by atoms with Crippen molar-refractivity contribution < 1.29 is 14.7 Å². The molecule has 5 nitrogen and oxygen atoms in total. The Balaban J connectivity index is 1.96. The maximum atomic E-state index is 12.4. The summed E-state index contributed by atoms with van der Waals surface area (Å²) in [7, 11) is 0. The van der Waals surface area contributed by atoms with Gasteiger partial charge in [0.2, 0.25) is 0 Å². The van der Waals surface area contributed by atoms with Crippen LogP contribution >= 0.6 is 0 Å². The first kappa shape index (κ1) is 16.1. The van der Waals surface area contributed by atoms with Crippen LogP contribution in [0.4, 0.5) is 4.79 Å². The number of piperidine rings is 1. The highest BCUT2D eigenvalue weighted by Gasteiger charge is 2.42. The van der Waals surface area contributed by atoms with Crippen LogP contribution in [-0.2, 0) is 4.79 Å². The predicted molar refractivity (Wildman–Crippen MR) is 81.2 cm³/mol. The fraction of sp³-hybridized carbons (Fsp3) is 0.875. The number of likely N-dealkylation sites (tertiary alicyclic amines) is 1. The van der Waals surface area contributed by atoms with Crippen molar-refractivity contribution >= 4 is 12.0 Å². The summed E-state index contributed by atoms with van der Waals surface area (Å²) in [5, 5.41) is 12.4. The molecule has 2 aliphatic rings. The average molecular weight is 296 g/mol. The number of nitrogens with one attached hydrogen (secondary N) is 1. The average Bonchev–Trinajstić information content (AvgIpc) is 2.48. The van der Waals surface area contributed by atoms with Gasteiger partial charge in [-0.3, -0.25) is 0 Å². The number of carbonyl (C=O) groups is 2. The topological polar surface area (TPSA) is 69.6 Å². The van der Waals surface area contributed by atoms with Gasteiger partial charge in [-0.1, -0.05) is 39.5 Å². The van der Waals surface area contributed by atoms with Crippen LogP contribution in [0.2, 0.25) is 0 Å². The lowest BCUT2D eigenvalue weighted by atomic mass is 9.78. The Bertz CT molecular complexity index is 394. The second-order valence-electron chi connectivity index (χ2n) is 7.03. The highest BCUT2D eigenvalue weighted by molar-refractivity contribution is 5.86. The van der Waals surface area contributed by atoms with Crippen LogP contribution in [0.5, 0.6) is 0 Å². The highest BCUT2D eigenvalue weighted by atomic mass is 16.4. The van der Waals surface area contributed by atoms with Gasteiger partial charge in [0, 0.05) is 13.1 Å². The maximum absolute atomic E-state index is 12.4. The van der Waals surface area contributed by atoms with E-state index in [2.05, 4.69) is 19.2 Å². The van der Waals surface area contributed by atoms with Crippen molar-refractivity contribution in [2.45, 2.75) is 70.8 Å². The van der Waals surface area contributed by atoms with Crippen LogP contribution in [-0.4, -0.2) is 40.6 Å². The molecule has 1 heterocycles. The van der Waals surface area contributed by atoms with Crippen LogP contribution in [0, 0.1) is 5.41 Å². The fourth-order valence-corrected chi connectivity index (χ4v) is 3.43. The van der Waals surface area contributed by atoms with E-state index < -0.39 is 11.5 Å². The lowest BCUT2D eigenvalue weighted by molar-refractivity contribution is -0.146. The molecule has 0 atom stereocenters. The molecule has 0 aromatic carbocycles. The van der Waals surface area contributed by atoms with Crippen molar-refractivity contribution in [1.29, 1.82) is 0 Å². The molecule has 5 heteroatoms. The van der Waals surface area contributed by atoms with Gasteiger partial charge in [-0.2, -0.15) is 0 Å². The molecule has 0 radical (unpaired) electrons. The predicted octanol–water partition coefficient (Wildman–Crippen LogP) is 3.00. The molecule has 21 heavy (non-hydrogen) atoms. The summed E-state index contributed by atoms with van der Waals surface area (Å²) in [6.07, 6.45) is 7.03. The first-order valence-electron chi connectivity index (χ1n) is 8.21. The minimum Gasteiger partial charge on any atom is -0.480 e. The molecule has 0 aromatic rings. The van der Waals surface area contributed by atoms with Crippen LogP contribution < -0.4 is 5.32 Å². The van der Waals surface area contributed by atoms with Crippen molar-refractivity contribution in [1.82, 2.24) is 10.2 Å². The summed E-state index contributed by atoms with van der Waals surface area (Å²) in [6, 6.07) is -0.197. The standard InChI is InChI=1S/C16H28N2O3/c1-3-15(2)9-11-18(12-10-15)14(21)17-16(13(19)20)7-5-4-6-8-16/h3-12H2,1-2H3,(H,17,21)(H,19,20). The van der Waals surface area contributed by atoms with Crippen molar-refractivity contribution in [3.8, 4) is 0 Å². The van der Waals surface area contributed by atoms with E-state index in [1.165, 1.54) is 0 Å². The number of carbonyl (C=O) groups excluding carboxylic acids is 1. The van der Waals surface area contributed by atoms with Crippen molar-refractivity contribution in [2.24, 2.45) is 5.41 Å². The third kappa shape index (κ3) is 3.50. The minimum absolute atomic E-state index is 0.197. The van der Waals surface area contributed by atoms with Gasteiger partial charge >= 0.3 is 12.0 Å². The Morgan fingerprint density at radius 1 is 1.10 bits per heavy atom. The first-order valence-corrected chi connectivity index (χ1v) is 8.21. The molecule has 0 aromatic heterocycles. The van der Waals surface area contributed by atoms with Gasteiger partial charge in [0.25, 0.3) is 0 Å². The normalized spacial score (nSPS) is 24.4. The molecule has 120 valence electrons. The Kier molecular flexibility index (Phi) is 4.79. The van der Waals surface area contributed by atoms with E-state index in [1.54, 1.807) is 4.90 Å². The monoisotopic (exact) mass is 296 g/mol. The van der Waals surface area contributed by atoms with Gasteiger partial charge in [0.1, 0.15) is 5.54 Å². The van der Waals surface area contributed by atoms with Gasteiger partial charge in [-0.05, 0) is 31.1 Å². The summed E-state index contributed by atoms with van der Waals surface area (Å²) in [6.45, 7) is 5.91. The number of urea groups is 1. The molecule has 1 saturated carbocycles. The highest BCUT2D eigenvalue weighted by Crippen LogP contribution is 2.34. The number of carboxylic acid groups (broad SMARTS) is 1. The second-order valence-corrected chi connectivity index (χ2v) is 7.03. The molecule has 1 aliphatic heterocycles. The van der Waals surface area contributed by atoms with E-state index in [4.69, 9.17) is 0 Å². The molecule has 0 spiro atoms. The molecule has 2 rings (SSSR count). The van der Waals surface area contributed by atoms with E-state index in [1.807, 2.05) is 0 Å². The largest absolute Gasteiger partial charge is 0.480 e. The van der Waals surface area contributed by atoms with Gasteiger partial charge in [-0.15, -0.1) is 0 Å². The minimum atomic E-state index is -1.04. The number of aliphatic carboxylic acids is 1. The van der Waals surface area contributed by atoms with Crippen LogP contribution in [0.3, 0.4) is 0 Å². The van der Waals surface area contributed by atoms with E-state index in [-0.39, 0.29) is 6.03 Å². The lowest BCUT2D eigenvalue weighted by Gasteiger charge is -2.41. The number of rotatable bonds is 3. The summed E-state index contributed by atoms with van der Waals surface area (Å²) >= 11 is 0. The SMILES string of the molecule is CCC1(C)CCN(C(=O)NC2(C(=O)O)CCCCC2)CC1. The third-order valence-electron chi connectivity index (χ3n) is 5.57. The van der Waals surface area contributed by atoms with E-state index in [0.29, 0.717) is 18.3 Å². The fourth-order valence-electron chi connectivity index (χ4n) is 3.43. The van der Waals surface area contributed by atoms with Crippen LogP contribution in [0.25, 0.3) is 0 Å². The molecule has 2 fully saturated rings. The molecule has 0 bridgehead atoms. The Labute approximate surface area is 127 Å². The van der Waals surface area contributed by atoms with Gasteiger partial charge < -0.3 is 15.3 Å². The van der Waals surface area contributed by atoms with E-state index in [9.17, 15) is 14.7 Å². The molecule has 2 amide bonds. The second kappa shape index (κ2) is 6.24. The molecule has 1 saturated heterocycles. The maximum Gasteiger partial charge on any atom is 0.329 e. The summed E-state index contributed by atoms with van der Waals surface area (Å²) in [4.78, 5) is 25.8. The number of hydrogen-bond acceptors (Lipinski definition) is 2.